The predicted octanol–water partition coefficient (Wildman–Crippen LogP) is 2.49. The van der Waals surface area contributed by atoms with Gasteiger partial charge in [-0.3, -0.25) is 0 Å². The molecule has 4 N–H and O–H groups in total. The highest BCUT2D eigenvalue weighted by Gasteiger charge is 2.13. The molecule has 2 rings (SSSR count). The van der Waals surface area contributed by atoms with Crippen molar-refractivity contribution in [3.8, 4) is 0 Å². The number of hydrogen-bond acceptors (Lipinski definition) is 4. The van der Waals surface area contributed by atoms with Crippen LogP contribution in [0.25, 0.3) is 0 Å². The molecule has 0 bridgehead atoms. The first-order valence-electron chi connectivity index (χ1n) is 6.38. The van der Waals surface area contributed by atoms with Crippen molar-refractivity contribution in [2.45, 2.75) is 11.8 Å². The lowest BCUT2D eigenvalue weighted by molar-refractivity contribution is 0.0696. The Morgan fingerprint density at radius 2 is 1.38 bits per heavy atom. The second-order valence-corrected chi connectivity index (χ2v) is 7.06. The number of carboxylic acid groups (broad SMARTS) is 2. The van der Waals surface area contributed by atoms with E-state index in [1.807, 2.05) is 0 Å². The van der Waals surface area contributed by atoms with Gasteiger partial charge in [-0.1, -0.05) is 22.0 Å². The van der Waals surface area contributed by atoms with Gasteiger partial charge in [0.1, 0.15) is 0 Å². The summed E-state index contributed by atoms with van der Waals surface area (Å²) in [5.74, 6) is -2.22. The zero-order valence-corrected chi connectivity index (χ0v) is 14.8. The Balaban J connectivity index is 0.000000243. The van der Waals surface area contributed by atoms with Gasteiger partial charge in [-0.2, -0.15) is 0 Å². The minimum absolute atomic E-state index is 0.0277. The third-order valence-corrected chi connectivity index (χ3v) is 4.39. The molecule has 2 aromatic rings. The molecule has 9 heteroatoms. The van der Waals surface area contributed by atoms with E-state index in [9.17, 15) is 18.0 Å². The minimum atomic E-state index is -3.54. The van der Waals surface area contributed by atoms with Gasteiger partial charge in [0.25, 0.3) is 0 Å². The van der Waals surface area contributed by atoms with Crippen LogP contribution in [0.3, 0.4) is 0 Å². The van der Waals surface area contributed by atoms with E-state index in [0.717, 1.165) is 4.47 Å². The van der Waals surface area contributed by atoms with Crippen LogP contribution in [0.2, 0.25) is 0 Å². The molecule has 0 saturated carbocycles. The Kier molecular flexibility index (Phi) is 6.64. The zero-order valence-electron chi connectivity index (χ0n) is 12.4. The van der Waals surface area contributed by atoms with Gasteiger partial charge < -0.3 is 10.2 Å². The highest BCUT2D eigenvalue weighted by Crippen LogP contribution is 2.14. The molecular formula is C15H14BrNO6S. The van der Waals surface area contributed by atoms with E-state index >= 15 is 0 Å². The number of rotatable bonds is 3. The third kappa shape index (κ3) is 5.44. The van der Waals surface area contributed by atoms with Gasteiger partial charge in [0.2, 0.25) is 10.0 Å². The number of sulfonamides is 1. The molecule has 0 fully saturated rings. The van der Waals surface area contributed by atoms with Gasteiger partial charge in [0, 0.05) is 4.47 Å². The Bertz CT molecular complexity index is 830. The summed E-state index contributed by atoms with van der Waals surface area (Å²) >= 11 is 3.18. The molecule has 0 aliphatic rings. The van der Waals surface area contributed by atoms with Gasteiger partial charge in [-0.25, -0.2) is 23.1 Å². The smallest absolute Gasteiger partial charge is 0.335 e. The molecular weight excluding hydrogens is 402 g/mol. The molecule has 0 aromatic heterocycles. The first-order valence-corrected chi connectivity index (χ1v) is 8.72. The Morgan fingerprint density at radius 3 is 1.71 bits per heavy atom. The number of benzene rings is 2. The summed E-state index contributed by atoms with van der Waals surface area (Å²) in [6.07, 6.45) is 0. The maximum Gasteiger partial charge on any atom is 0.335 e. The topological polar surface area (TPSA) is 135 Å². The minimum Gasteiger partial charge on any atom is -0.478 e. The largest absolute Gasteiger partial charge is 0.478 e. The molecule has 0 radical (unpaired) electrons. The van der Waals surface area contributed by atoms with Crippen LogP contribution in [0, 0.1) is 6.92 Å². The lowest BCUT2D eigenvalue weighted by atomic mass is 10.0. The fourth-order valence-corrected chi connectivity index (χ4v) is 2.50. The first-order chi connectivity index (χ1) is 11.0. The maximum absolute atomic E-state index is 10.7. The summed E-state index contributed by atoms with van der Waals surface area (Å²) in [6, 6.07) is 10.3. The van der Waals surface area contributed by atoms with Crippen LogP contribution in [0.1, 0.15) is 26.3 Å². The summed E-state index contributed by atoms with van der Waals surface area (Å²) in [5, 5.41) is 22.2. The van der Waals surface area contributed by atoms with E-state index in [1.54, 1.807) is 12.1 Å². The first kappa shape index (κ1) is 19.8. The van der Waals surface area contributed by atoms with Crippen molar-refractivity contribution in [2.75, 3.05) is 0 Å². The fraction of sp³-hybridized carbons (Fsp3) is 0.0667. The average Bonchev–Trinajstić information content (AvgIpc) is 2.47. The quantitative estimate of drug-likeness (QED) is 0.704. The highest BCUT2D eigenvalue weighted by molar-refractivity contribution is 9.10. The van der Waals surface area contributed by atoms with Crippen LogP contribution >= 0.6 is 15.9 Å². The van der Waals surface area contributed by atoms with E-state index in [0.29, 0.717) is 0 Å². The van der Waals surface area contributed by atoms with Gasteiger partial charge in [-0.15, -0.1) is 0 Å². The van der Waals surface area contributed by atoms with Crippen molar-refractivity contribution in [1.82, 2.24) is 0 Å². The average molecular weight is 416 g/mol. The van der Waals surface area contributed by atoms with Crippen molar-refractivity contribution in [1.29, 1.82) is 0 Å². The van der Waals surface area contributed by atoms with Crippen molar-refractivity contribution >= 4 is 37.9 Å². The zero-order chi connectivity index (χ0) is 18.5. The van der Waals surface area contributed by atoms with E-state index in [2.05, 4.69) is 15.9 Å². The molecule has 7 nitrogen and oxygen atoms in total. The normalized spacial score (nSPS) is 10.5. The van der Waals surface area contributed by atoms with Gasteiger partial charge in [-0.05, 0) is 48.9 Å². The molecule has 2 aromatic carbocycles. The maximum atomic E-state index is 10.7. The standard InChI is InChI=1S/C9H8O4.C6H6BrNO2S/c1-5-6(8(10)11)3-2-4-7(5)9(12)13;7-5-1-3-6(4-2-5)11(8,9)10/h2-4H,1H3,(H,10,11)(H,12,13);1-4H,(H2,8,9,10). The Labute approximate surface area is 146 Å². The van der Waals surface area contributed by atoms with Crippen molar-refractivity contribution < 1.29 is 28.2 Å². The van der Waals surface area contributed by atoms with Crippen molar-refractivity contribution in [3.05, 3.63) is 63.6 Å². The fourth-order valence-electron chi connectivity index (χ4n) is 1.72. The molecule has 0 saturated heterocycles. The van der Waals surface area contributed by atoms with Crippen LogP contribution in [0.5, 0.6) is 0 Å². The van der Waals surface area contributed by atoms with Crippen LogP contribution in [0.15, 0.2) is 51.8 Å². The number of carboxylic acids is 2. The molecule has 0 aliphatic heterocycles. The van der Waals surface area contributed by atoms with Crippen LogP contribution < -0.4 is 5.14 Å². The molecule has 0 atom stereocenters. The molecule has 0 aliphatic carbocycles. The van der Waals surface area contributed by atoms with Crippen LogP contribution in [0.4, 0.5) is 0 Å². The van der Waals surface area contributed by atoms with Crippen LogP contribution in [-0.4, -0.2) is 30.6 Å². The molecule has 0 amide bonds. The second kappa shape index (κ2) is 8.04. The van der Waals surface area contributed by atoms with E-state index in [-0.39, 0.29) is 21.6 Å². The van der Waals surface area contributed by atoms with Gasteiger partial charge in [0.15, 0.2) is 0 Å². The number of halogens is 1. The number of aromatic carboxylic acids is 2. The summed E-state index contributed by atoms with van der Waals surface area (Å²) < 4.78 is 22.2. The summed E-state index contributed by atoms with van der Waals surface area (Å²) in [4.78, 5) is 21.3. The number of hydrogen-bond donors (Lipinski definition) is 3. The number of nitrogens with two attached hydrogens (primary N) is 1. The van der Waals surface area contributed by atoms with E-state index < -0.39 is 22.0 Å². The van der Waals surface area contributed by atoms with E-state index in [4.69, 9.17) is 15.4 Å². The van der Waals surface area contributed by atoms with Gasteiger partial charge >= 0.3 is 11.9 Å². The lowest BCUT2D eigenvalue weighted by Gasteiger charge is -2.03. The third-order valence-electron chi connectivity index (χ3n) is 2.94. The number of primary sulfonamides is 1. The predicted molar refractivity (Wildman–Crippen MR) is 90.6 cm³/mol. The Hall–Kier alpha value is -2.23. The number of carbonyl (C=O) groups is 2. The molecule has 0 spiro atoms. The monoisotopic (exact) mass is 415 g/mol. The van der Waals surface area contributed by atoms with Crippen molar-refractivity contribution in [3.63, 3.8) is 0 Å². The SMILES string of the molecule is Cc1c(C(=O)O)cccc1C(=O)O.NS(=O)(=O)c1ccc(Br)cc1. The van der Waals surface area contributed by atoms with Gasteiger partial charge in [0.05, 0.1) is 16.0 Å². The van der Waals surface area contributed by atoms with Crippen LogP contribution in [-0.2, 0) is 10.0 Å². The van der Waals surface area contributed by atoms with E-state index in [1.165, 1.54) is 37.3 Å². The molecule has 128 valence electrons. The van der Waals surface area contributed by atoms with Crippen molar-refractivity contribution in [2.24, 2.45) is 5.14 Å². The lowest BCUT2D eigenvalue weighted by Crippen LogP contribution is -2.11. The summed E-state index contributed by atoms with van der Waals surface area (Å²) in [5.41, 5.74) is 0.335. The molecule has 0 unspecified atom stereocenters. The highest BCUT2D eigenvalue weighted by atomic mass is 79.9. The Morgan fingerprint density at radius 1 is 0.958 bits per heavy atom. The summed E-state index contributed by atoms with van der Waals surface area (Å²) in [7, 11) is -3.54. The summed E-state index contributed by atoms with van der Waals surface area (Å²) in [6.45, 7) is 1.48. The second-order valence-electron chi connectivity index (χ2n) is 4.59. The molecule has 24 heavy (non-hydrogen) atoms. The molecule has 0 heterocycles.